The lowest BCUT2D eigenvalue weighted by Gasteiger charge is -2.07. The number of hydrogen-bond donors (Lipinski definition) is 1. The number of nitrogens with one attached hydrogen (secondary N) is 1. The Balaban J connectivity index is 2.28. The second kappa shape index (κ2) is 5.68. The third kappa shape index (κ3) is 2.92. The van der Waals surface area contributed by atoms with Crippen molar-refractivity contribution in [2.24, 2.45) is 0 Å². The van der Waals surface area contributed by atoms with Crippen molar-refractivity contribution in [2.45, 2.75) is 0 Å². The van der Waals surface area contributed by atoms with Crippen LogP contribution in [-0.4, -0.2) is 5.91 Å². The fourth-order valence-corrected chi connectivity index (χ4v) is 1.73. The summed E-state index contributed by atoms with van der Waals surface area (Å²) in [7, 11) is 0. The van der Waals surface area contributed by atoms with Gasteiger partial charge in [0.1, 0.15) is 17.7 Å². The molecule has 0 aliphatic carbocycles. The molecule has 1 N–H and O–H groups in total. The summed E-state index contributed by atoms with van der Waals surface area (Å²) in [5.41, 5.74) is 0.288. The Morgan fingerprint density at radius 3 is 2.60 bits per heavy atom. The Morgan fingerprint density at radius 1 is 1.20 bits per heavy atom. The number of nitriles is 1. The topological polar surface area (TPSA) is 52.9 Å². The Hall–Kier alpha value is -2.45. The lowest BCUT2D eigenvalue weighted by molar-refractivity contribution is 0.102. The molecule has 0 fully saturated rings. The van der Waals surface area contributed by atoms with Gasteiger partial charge in [-0.1, -0.05) is 11.6 Å². The summed E-state index contributed by atoms with van der Waals surface area (Å²) in [6.45, 7) is 0. The molecule has 0 heterocycles. The number of carbonyl (C=O) groups excluding carboxylic acids is 1. The lowest BCUT2D eigenvalue weighted by atomic mass is 10.1. The van der Waals surface area contributed by atoms with Crippen molar-refractivity contribution in [3.63, 3.8) is 0 Å². The van der Waals surface area contributed by atoms with Crippen LogP contribution < -0.4 is 5.32 Å². The van der Waals surface area contributed by atoms with Crippen LogP contribution in [0.2, 0.25) is 5.02 Å². The van der Waals surface area contributed by atoms with Gasteiger partial charge in [0.2, 0.25) is 0 Å². The van der Waals surface area contributed by atoms with E-state index < -0.39 is 17.5 Å². The first-order chi connectivity index (χ1) is 9.51. The molecular weight excluding hydrogens is 286 g/mol. The number of amides is 1. The summed E-state index contributed by atoms with van der Waals surface area (Å²) >= 11 is 5.58. The van der Waals surface area contributed by atoms with Crippen LogP contribution in [-0.2, 0) is 0 Å². The SMILES string of the molecule is N#Cc1cc(F)ccc1NC(=O)c1ccc(F)c(Cl)c1. The van der Waals surface area contributed by atoms with Crippen LogP contribution in [0.25, 0.3) is 0 Å². The molecule has 0 aliphatic rings. The monoisotopic (exact) mass is 292 g/mol. The smallest absolute Gasteiger partial charge is 0.255 e. The van der Waals surface area contributed by atoms with Crippen molar-refractivity contribution < 1.29 is 13.6 Å². The number of carbonyl (C=O) groups is 1. The first-order valence-corrected chi connectivity index (χ1v) is 5.85. The average molecular weight is 293 g/mol. The lowest BCUT2D eigenvalue weighted by Crippen LogP contribution is -2.13. The van der Waals surface area contributed by atoms with Gasteiger partial charge in [-0.15, -0.1) is 0 Å². The fraction of sp³-hybridized carbons (Fsp3) is 0. The maximum absolute atomic E-state index is 13.0. The number of nitrogens with zero attached hydrogens (tertiary/aromatic N) is 1. The van der Waals surface area contributed by atoms with E-state index in [4.69, 9.17) is 16.9 Å². The zero-order valence-corrected chi connectivity index (χ0v) is 10.7. The molecule has 0 atom stereocenters. The zero-order valence-electron chi connectivity index (χ0n) is 9.95. The van der Waals surface area contributed by atoms with Gasteiger partial charge in [0.25, 0.3) is 5.91 Å². The Labute approximate surface area is 118 Å². The Bertz CT molecular complexity index is 726. The average Bonchev–Trinajstić information content (AvgIpc) is 2.43. The molecule has 0 saturated carbocycles. The minimum absolute atomic E-state index is 0.00782. The van der Waals surface area contributed by atoms with E-state index in [0.29, 0.717) is 0 Å². The number of hydrogen-bond acceptors (Lipinski definition) is 2. The minimum atomic E-state index is -0.636. The second-order valence-corrected chi connectivity index (χ2v) is 4.29. The van der Waals surface area contributed by atoms with Crippen molar-refractivity contribution in [2.75, 3.05) is 5.32 Å². The van der Waals surface area contributed by atoms with Crippen molar-refractivity contribution in [3.05, 3.63) is 64.2 Å². The molecule has 100 valence electrons. The number of anilines is 1. The van der Waals surface area contributed by atoms with Gasteiger partial charge in [-0.05, 0) is 36.4 Å². The van der Waals surface area contributed by atoms with E-state index in [1.54, 1.807) is 6.07 Å². The van der Waals surface area contributed by atoms with E-state index in [1.807, 2.05) is 0 Å². The van der Waals surface area contributed by atoms with Crippen LogP contribution in [0.1, 0.15) is 15.9 Å². The minimum Gasteiger partial charge on any atom is -0.321 e. The van der Waals surface area contributed by atoms with Gasteiger partial charge in [0, 0.05) is 5.56 Å². The molecule has 0 spiro atoms. The molecule has 2 rings (SSSR count). The van der Waals surface area contributed by atoms with E-state index in [9.17, 15) is 13.6 Å². The molecule has 0 bridgehead atoms. The third-order valence-corrected chi connectivity index (χ3v) is 2.82. The first-order valence-electron chi connectivity index (χ1n) is 5.47. The quantitative estimate of drug-likeness (QED) is 0.916. The predicted octanol–water partition coefficient (Wildman–Crippen LogP) is 3.74. The molecule has 2 aromatic rings. The maximum Gasteiger partial charge on any atom is 0.255 e. The van der Waals surface area contributed by atoms with Gasteiger partial charge in [-0.2, -0.15) is 5.26 Å². The second-order valence-electron chi connectivity index (χ2n) is 3.88. The Kier molecular flexibility index (Phi) is 3.97. The molecule has 1 amide bonds. The van der Waals surface area contributed by atoms with Gasteiger partial charge in [0.15, 0.2) is 0 Å². The van der Waals surface area contributed by atoms with Gasteiger partial charge >= 0.3 is 0 Å². The van der Waals surface area contributed by atoms with Crippen LogP contribution >= 0.6 is 11.6 Å². The summed E-state index contributed by atoms with van der Waals surface area (Å²) in [4.78, 5) is 11.9. The molecule has 6 heteroatoms. The van der Waals surface area contributed by atoms with Crippen molar-refractivity contribution >= 4 is 23.2 Å². The summed E-state index contributed by atoms with van der Waals surface area (Å²) in [5, 5.41) is 11.1. The first kappa shape index (κ1) is 14.0. The molecule has 20 heavy (non-hydrogen) atoms. The van der Waals surface area contributed by atoms with Crippen molar-refractivity contribution in [1.29, 1.82) is 5.26 Å². The number of benzene rings is 2. The van der Waals surface area contributed by atoms with Crippen LogP contribution in [0.3, 0.4) is 0 Å². The highest BCUT2D eigenvalue weighted by Crippen LogP contribution is 2.19. The van der Waals surface area contributed by atoms with E-state index in [2.05, 4.69) is 5.32 Å². The third-order valence-electron chi connectivity index (χ3n) is 2.53. The van der Waals surface area contributed by atoms with Gasteiger partial charge in [-0.25, -0.2) is 8.78 Å². The maximum atomic E-state index is 13.0. The van der Waals surface area contributed by atoms with E-state index in [0.717, 1.165) is 18.2 Å². The summed E-state index contributed by atoms with van der Waals surface area (Å²) in [5.74, 6) is -1.79. The highest BCUT2D eigenvalue weighted by molar-refractivity contribution is 6.31. The molecule has 0 aromatic heterocycles. The number of rotatable bonds is 2. The molecular formula is C14H7ClF2N2O. The zero-order chi connectivity index (χ0) is 14.7. The normalized spacial score (nSPS) is 9.90. The van der Waals surface area contributed by atoms with Crippen molar-refractivity contribution in [3.8, 4) is 6.07 Å². The molecule has 2 aromatic carbocycles. The molecule has 0 aliphatic heterocycles. The Morgan fingerprint density at radius 2 is 1.95 bits per heavy atom. The highest BCUT2D eigenvalue weighted by atomic mass is 35.5. The molecule has 3 nitrogen and oxygen atoms in total. The predicted molar refractivity (Wildman–Crippen MR) is 70.5 cm³/mol. The molecule has 0 radical (unpaired) electrons. The van der Waals surface area contributed by atoms with Gasteiger partial charge in [0.05, 0.1) is 16.3 Å². The van der Waals surface area contributed by atoms with Gasteiger partial charge in [-0.3, -0.25) is 4.79 Å². The van der Waals surface area contributed by atoms with E-state index >= 15 is 0 Å². The number of halogens is 3. The van der Waals surface area contributed by atoms with Crippen LogP contribution in [0.15, 0.2) is 36.4 Å². The van der Waals surface area contributed by atoms with E-state index in [-0.39, 0.29) is 21.8 Å². The van der Waals surface area contributed by atoms with Crippen LogP contribution in [0.4, 0.5) is 14.5 Å². The summed E-state index contributed by atoms with van der Waals surface area (Å²) in [6.07, 6.45) is 0. The van der Waals surface area contributed by atoms with Crippen molar-refractivity contribution in [1.82, 2.24) is 0 Å². The summed E-state index contributed by atoms with van der Waals surface area (Å²) in [6, 6.07) is 8.66. The summed E-state index contributed by atoms with van der Waals surface area (Å²) < 4.78 is 26.0. The molecule has 0 saturated heterocycles. The standard InChI is InChI=1S/C14H7ClF2N2O/c15-11-6-8(1-3-12(11)17)14(20)19-13-4-2-10(16)5-9(13)7-18/h1-6H,(H,19,20). The highest BCUT2D eigenvalue weighted by Gasteiger charge is 2.11. The molecule has 0 unspecified atom stereocenters. The van der Waals surface area contributed by atoms with Crippen LogP contribution in [0, 0.1) is 23.0 Å². The largest absolute Gasteiger partial charge is 0.321 e. The van der Waals surface area contributed by atoms with E-state index in [1.165, 1.54) is 18.2 Å². The van der Waals surface area contributed by atoms with Gasteiger partial charge < -0.3 is 5.32 Å². The van der Waals surface area contributed by atoms with Crippen LogP contribution in [0.5, 0.6) is 0 Å². The fourth-order valence-electron chi connectivity index (χ4n) is 1.55.